The van der Waals surface area contributed by atoms with Crippen molar-refractivity contribution in [2.75, 3.05) is 0 Å². The molecule has 0 aliphatic heterocycles. The van der Waals surface area contributed by atoms with E-state index in [9.17, 15) is 0 Å². The molecule has 4 aromatic rings. The number of benzene rings is 4. The van der Waals surface area contributed by atoms with Crippen molar-refractivity contribution in [1.82, 2.24) is 0 Å². The predicted molar refractivity (Wildman–Crippen MR) is 89.0 cm³/mol. The normalized spacial score (nSPS) is 11.5. The van der Waals surface area contributed by atoms with Crippen LogP contribution in [0.25, 0.3) is 32.3 Å². The van der Waals surface area contributed by atoms with Crippen molar-refractivity contribution in [3.8, 4) is 0 Å². The molecule has 0 bridgehead atoms. The molecule has 0 spiro atoms. The van der Waals surface area contributed by atoms with Crippen LogP contribution in [-0.4, -0.2) is 0 Å². The summed E-state index contributed by atoms with van der Waals surface area (Å²) < 4.78 is 0. The van der Waals surface area contributed by atoms with Gasteiger partial charge >= 0.3 is 0 Å². The van der Waals surface area contributed by atoms with Crippen molar-refractivity contribution in [3.05, 3.63) is 70.7 Å². The van der Waals surface area contributed by atoms with Gasteiger partial charge in [-0.3, -0.25) is 0 Å². The minimum Gasteiger partial charge on any atom is -0.0843 e. The minimum absolute atomic E-state index is 0.765. The standard InChI is InChI=1S/C18H10Cl2/c19-13-5-8-15-12(9-13)3-7-17-16(15)6-2-11-1-4-14(20)10-18(11)17/h1-10H. The van der Waals surface area contributed by atoms with Crippen LogP contribution < -0.4 is 0 Å². The van der Waals surface area contributed by atoms with Gasteiger partial charge in [-0.25, -0.2) is 0 Å². The molecule has 96 valence electrons. The van der Waals surface area contributed by atoms with Crippen LogP contribution in [0.5, 0.6) is 0 Å². The lowest BCUT2D eigenvalue weighted by Crippen LogP contribution is -1.81. The van der Waals surface area contributed by atoms with Gasteiger partial charge in [0.15, 0.2) is 0 Å². The fourth-order valence-corrected chi connectivity index (χ4v) is 3.17. The zero-order valence-electron chi connectivity index (χ0n) is 10.5. The lowest BCUT2D eigenvalue weighted by molar-refractivity contribution is 1.77. The molecule has 0 nitrogen and oxygen atoms in total. The second-order valence-electron chi connectivity index (χ2n) is 4.96. The van der Waals surface area contributed by atoms with Gasteiger partial charge in [0.05, 0.1) is 0 Å². The molecule has 0 heterocycles. The van der Waals surface area contributed by atoms with Gasteiger partial charge in [0.1, 0.15) is 0 Å². The van der Waals surface area contributed by atoms with E-state index in [2.05, 4.69) is 36.4 Å². The third kappa shape index (κ3) is 1.76. The summed E-state index contributed by atoms with van der Waals surface area (Å²) in [6, 6.07) is 20.6. The maximum Gasteiger partial charge on any atom is 0.0412 e. The Balaban J connectivity index is 2.24. The number of rotatable bonds is 0. The van der Waals surface area contributed by atoms with Crippen LogP contribution in [-0.2, 0) is 0 Å². The predicted octanol–water partition coefficient (Wildman–Crippen LogP) is 6.45. The second-order valence-corrected chi connectivity index (χ2v) is 5.83. The summed E-state index contributed by atoms with van der Waals surface area (Å²) in [5.74, 6) is 0. The summed E-state index contributed by atoms with van der Waals surface area (Å²) in [7, 11) is 0. The topological polar surface area (TPSA) is 0 Å². The summed E-state index contributed by atoms with van der Waals surface area (Å²) in [5, 5.41) is 8.75. The highest BCUT2D eigenvalue weighted by molar-refractivity contribution is 6.32. The maximum atomic E-state index is 6.14. The number of halogens is 2. The van der Waals surface area contributed by atoms with Crippen molar-refractivity contribution >= 4 is 55.5 Å². The molecule has 0 unspecified atom stereocenters. The van der Waals surface area contributed by atoms with Gasteiger partial charge in [0.25, 0.3) is 0 Å². The van der Waals surface area contributed by atoms with E-state index in [1.54, 1.807) is 0 Å². The highest BCUT2D eigenvalue weighted by Gasteiger charge is 2.05. The van der Waals surface area contributed by atoms with Crippen LogP contribution in [0.3, 0.4) is 0 Å². The molecule has 20 heavy (non-hydrogen) atoms. The van der Waals surface area contributed by atoms with E-state index >= 15 is 0 Å². The largest absolute Gasteiger partial charge is 0.0843 e. The van der Waals surface area contributed by atoms with Crippen LogP contribution in [0, 0.1) is 0 Å². The van der Waals surface area contributed by atoms with Gasteiger partial charge < -0.3 is 0 Å². The number of hydrogen-bond donors (Lipinski definition) is 0. The summed E-state index contributed by atoms with van der Waals surface area (Å²) in [6.45, 7) is 0. The fraction of sp³-hybridized carbons (Fsp3) is 0. The molecule has 0 aliphatic carbocycles. The lowest BCUT2D eigenvalue weighted by atomic mass is 9.97. The first kappa shape index (κ1) is 12.0. The molecule has 0 aliphatic rings. The van der Waals surface area contributed by atoms with Crippen molar-refractivity contribution in [3.63, 3.8) is 0 Å². The first-order chi connectivity index (χ1) is 9.72. The average Bonchev–Trinajstić information content (AvgIpc) is 2.46. The van der Waals surface area contributed by atoms with Gasteiger partial charge in [-0.05, 0) is 56.6 Å². The lowest BCUT2D eigenvalue weighted by Gasteiger charge is -2.08. The Hall–Kier alpha value is -1.76. The van der Waals surface area contributed by atoms with Crippen molar-refractivity contribution < 1.29 is 0 Å². The Kier molecular flexibility index (Phi) is 2.63. The molecular weight excluding hydrogens is 287 g/mol. The second kappa shape index (κ2) is 4.37. The van der Waals surface area contributed by atoms with E-state index < -0.39 is 0 Å². The zero-order valence-corrected chi connectivity index (χ0v) is 12.0. The van der Waals surface area contributed by atoms with Crippen molar-refractivity contribution in [2.45, 2.75) is 0 Å². The summed E-state index contributed by atoms with van der Waals surface area (Å²) in [5.41, 5.74) is 0. The first-order valence-electron chi connectivity index (χ1n) is 6.43. The third-order valence-corrected chi connectivity index (χ3v) is 4.23. The van der Waals surface area contributed by atoms with Gasteiger partial charge in [-0.15, -0.1) is 0 Å². The van der Waals surface area contributed by atoms with Crippen LogP contribution in [0.15, 0.2) is 60.7 Å². The monoisotopic (exact) mass is 296 g/mol. The van der Waals surface area contributed by atoms with Gasteiger partial charge in [-0.2, -0.15) is 0 Å². The van der Waals surface area contributed by atoms with Crippen LogP contribution in [0.2, 0.25) is 10.0 Å². The first-order valence-corrected chi connectivity index (χ1v) is 7.18. The Morgan fingerprint density at radius 3 is 1.85 bits per heavy atom. The highest BCUT2D eigenvalue weighted by atomic mass is 35.5. The molecule has 4 rings (SSSR count). The Morgan fingerprint density at radius 1 is 0.450 bits per heavy atom. The maximum absolute atomic E-state index is 6.14. The van der Waals surface area contributed by atoms with E-state index in [4.69, 9.17) is 23.2 Å². The van der Waals surface area contributed by atoms with E-state index in [1.807, 2.05) is 24.3 Å². The molecule has 0 radical (unpaired) electrons. The van der Waals surface area contributed by atoms with Gasteiger partial charge in [-0.1, -0.05) is 59.6 Å². The quantitative estimate of drug-likeness (QED) is 0.327. The number of fused-ring (bicyclic) bond motifs is 5. The van der Waals surface area contributed by atoms with Gasteiger partial charge in [0, 0.05) is 10.0 Å². The molecule has 0 amide bonds. The molecule has 4 aromatic carbocycles. The summed E-state index contributed by atoms with van der Waals surface area (Å²) >= 11 is 12.2. The molecular formula is C18H10Cl2. The third-order valence-electron chi connectivity index (χ3n) is 3.76. The molecule has 2 heteroatoms. The van der Waals surface area contributed by atoms with E-state index in [0.29, 0.717) is 0 Å². The number of hydrogen-bond acceptors (Lipinski definition) is 0. The average molecular weight is 297 g/mol. The highest BCUT2D eigenvalue weighted by Crippen LogP contribution is 2.33. The van der Waals surface area contributed by atoms with Crippen LogP contribution in [0.4, 0.5) is 0 Å². The van der Waals surface area contributed by atoms with Gasteiger partial charge in [0.2, 0.25) is 0 Å². The van der Waals surface area contributed by atoms with Crippen molar-refractivity contribution in [2.24, 2.45) is 0 Å². The molecule has 0 saturated carbocycles. The Morgan fingerprint density at radius 2 is 1.00 bits per heavy atom. The smallest absolute Gasteiger partial charge is 0.0412 e. The molecule has 0 atom stereocenters. The summed E-state index contributed by atoms with van der Waals surface area (Å²) in [4.78, 5) is 0. The van der Waals surface area contributed by atoms with Crippen molar-refractivity contribution in [1.29, 1.82) is 0 Å². The van der Waals surface area contributed by atoms with Crippen LogP contribution >= 0.6 is 23.2 Å². The summed E-state index contributed by atoms with van der Waals surface area (Å²) in [6.07, 6.45) is 0. The zero-order chi connectivity index (χ0) is 13.7. The molecule has 0 aromatic heterocycles. The Bertz CT molecular complexity index is 971. The SMILES string of the molecule is Clc1ccc2c(ccc3c4cc(Cl)ccc4ccc23)c1. The Labute approximate surface area is 126 Å². The fourth-order valence-electron chi connectivity index (χ4n) is 2.82. The van der Waals surface area contributed by atoms with E-state index in [-0.39, 0.29) is 0 Å². The van der Waals surface area contributed by atoms with Crippen LogP contribution in [0.1, 0.15) is 0 Å². The molecule has 0 saturated heterocycles. The minimum atomic E-state index is 0.765. The van der Waals surface area contributed by atoms with E-state index in [1.165, 1.54) is 26.9 Å². The molecule has 0 fully saturated rings. The molecule has 0 N–H and O–H groups in total. The van der Waals surface area contributed by atoms with E-state index in [0.717, 1.165) is 15.4 Å².